The minimum Gasteiger partial charge on any atom is -0.497 e. The van der Waals surface area contributed by atoms with Crippen LogP contribution in [0.4, 0.5) is 4.39 Å². The Kier molecular flexibility index (Phi) is 6.17. The largest absolute Gasteiger partial charge is 0.497 e. The second kappa shape index (κ2) is 9.29. The zero-order valence-electron chi connectivity index (χ0n) is 20.4. The van der Waals surface area contributed by atoms with Gasteiger partial charge in [0, 0.05) is 23.7 Å². The number of aryl methyl sites for hydroxylation is 2. The lowest BCUT2D eigenvalue weighted by molar-refractivity contribution is -0.127. The maximum Gasteiger partial charge on any atom is 0.230 e. The molecule has 2 aliphatic rings. The Morgan fingerprint density at radius 1 is 1.17 bits per heavy atom. The first-order valence-corrected chi connectivity index (χ1v) is 12.1. The fraction of sp³-hybridized carbons (Fsp3) is 0.393. The second-order valence-electron chi connectivity index (χ2n) is 9.52. The molecule has 1 amide bonds. The highest BCUT2D eigenvalue weighted by atomic mass is 19.1. The van der Waals surface area contributed by atoms with Crippen LogP contribution in [0.15, 0.2) is 42.6 Å². The molecule has 1 fully saturated rings. The Labute approximate surface area is 204 Å². The van der Waals surface area contributed by atoms with E-state index in [0.29, 0.717) is 30.0 Å². The summed E-state index contributed by atoms with van der Waals surface area (Å²) in [6, 6.07) is 10.9. The standard InChI is InChI=1S/C28H30FN3O3/c1-17-15-30-18(2)25(32-17)22-10-11-24(29)23-14-21(35-26(22)23)16-31-27(33)28(12-4-5-13-28)19-6-8-20(34-3)9-7-19/h6-11,15,21H,4-5,12-14,16H2,1-3H3,(H,31,33)/t21-/m1/s1. The van der Waals surface area contributed by atoms with Crippen LogP contribution in [-0.2, 0) is 16.6 Å². The predicted octanol–water partition coefficient (Wildman–Crippen LogP) is 4.84. The molecular formula is C28H30FN3O3. The van der Waals surface area contributed by atoms with Crippen molar-refractivity contribution >= 4 is 5.91 Å². The molecule has 0 radical (unpaired) electrons. The van der Waals surface area contributed by atoms with Gasteiger partial charge in [-0.1, -0.05) is 25.0 Å². The molecule has 6 nitrogen and oxygen atoms in total. The monoisotopic (exact) mass is 475 g/mol. The van der Waals surface area contributed by atoms with E-state index < -0.39 is 5.41 Å². The fourth-order valence-corrected chi connectivity index (χ4v) is 5.37. The highest BCUT2D eigenvalue weighted by Gasteiger charge is 2.43. The van der Waals surface area contributed by atoms with Crippen molar-refractivity contribution < 1.29 is 18.7 Å². The molecule has 3 aromatic rings. The first-order chi connectivity index (χ1) is 16.9. The van der Waals surface area contributed by atoms with Gasteiger partial charge in [0.1, 0.15) is 23.4 Å². The number of nitrogens with zero attached hydrogens (tertiary/aromatic N) is 2. The molecule has 0 unspecified atom stereocenters. The first-order valence-electron chi connectivity index (χ1n) is 12.1. The number of carbonyl (C=O) groups is 1. The quantitative estimate of drug-likeness (QED) is 0.552. The molecule has 1 saturated carbocycles. The molecule has 35 heavy (non-hydrogen) atoms. The summed E-state index contributed by atoms with van der Waals surface area (Å²) in [5.41, 5.74) is 3.94. The Morgan fingerprint density at radius 2 is 1.91 bits per heavy atom. The van der Waals surface area contributed by atoms with Crippen molar-refractivity contribution in [3.05, 3.63) is 70.9 Å². The first kappa shape index (κ1) is 23.3. The fourth-order valence-electron chi connectivity index (χ4n) is 5.37. The van der Waals surface area contributed by atoms with Crippen LogP contribution in [0.3, 0.4) is 0 Å². The summed E-state index contributed by atoms with van der Waals surface area (Å²) in [5.74, 6) is 0.964. The SMILES string of the molecule is COc1ccc(C2(C(=O)NC[C@H]3Cc4c(F)ccc(-c5nc(C)cnc5C)c4O3)CCCC2)cc1. The zero-order chi connectivity index (χ0) is 24.6. The summed E-state index contributed by atoms with van der Waals surface area (Å²) in [4.78, 5) is 22.5. The van der Waals surface area contributed by atoms with Crippen LogP contribution in [-0.4, -0.2) is 35.6 Å². The number of rotatable bonds is 6. The van der Waals surface area contributed by atoms with Crippen molar-refractivity contribution in [2.75, 3.05) is 13.7 Å². The van der Waals surface area contributed by atoms with Crippen molar-refractivity contribution in [1.29, 1.82) is 0 Å². The number of hydrogen-bond donors (Lipinski definition) is 1. The van der Waals surface area contributed by atoms with Crippen molar-refractivity contribution in [3.63, 3.8) is 0 Å². The van der Waals surface area contributed by atoms with Crippen LogP contribution in [0.1, 0.15) is 48.2 Å². The lowest BCUT2D eigenvalue weighted by Crippen LogP contribution is -2.45. The number of halogens is 1. The highest BCUT2D eigenvalue weighted by Crippen LogP contribution is 2.43. The van der Waals surface area contributed by atoms with Crippen molar-refractivity contribution in [1.82, 2.24) is 15.3 Å². The number of ether oxygens (including phenoxy) is 2. The molecule has 1 aromatic heterocycles. The maximum absolute atomic E-state index is 14.7. The highest BCUT2D eigenvalue weighted by molar-refractivity contribution is 5.88. The smallest absolute Gasteiger partial charge is 0.230 e. The number of carbonyl (C=O) groups excluding carboxylic acids is 1. The molecule has 1 aliphatic carbocycles. The van der Waals surface area contributed by atoms with Gasteiger partial charge in [0.25, 0.3) is 0 Å². The average molecular weight is 476 g/mol. The van der Waals surface area contributed by atoms with E-state index in [9.17, 15) is 9.18 Å². The van der Waals surface area contributed by atoms with Crippen LogP contribution >= 0.6 is 0 Å². The van der Waals surface area contributed by atoms with Crippen LogP contribution in [0, 0.1) is 19.7 Å². The second-order valence-corrected chi connectivity index (χ2v) is 9.52. The van der Waals surface area contributed by atoms with E-state index in [2.05, 4.69) is 15.3 Å². The summed E-state index contributed by atoms with van der Waals surface area (Å²) in [6.45, 7) is 4.06. The maximum atomic E-state index is 14.7. The third-order valence-corrected chi connectivity index (χ3v) is 7.28. The molecule has 2 heterocycles. The van der Waals surface area contributed by atoms with E-state index in [1.807, 2.05) is 38.1 Å². The van der Waals surface area contributed by atoms with Gasteiger partial charge in [-0.2, -0.15) is 0 Å². The van der Waals surface area contributed by atoms with E-state index >= 15 is 0 Å². The van der Waals surface area contributed by atoms with Gasteiger partial charge in [-0.05, 0) is 56.5 Å². The molecule has 7 heteroatoms. The molecule has 0 spiro atoms. The average Bonchev–Trinajstić information content (AvgIpc) is 3.54. The summed E-state index contributed by atoms with van der Waals surface area (Å²) in [7, 11) is 1.63. The molecule has 5 rings (SSSR count). The third kappa shape index (κ3) is 4.24. The van der Waals surface area contributed by atoms with E-state index in [-0.39, 0.29) is 17.8 Å². The minimum atomic E-state index is -0.553. The lowest BCUT2D eigenvalue weighted by Gasteiger charge is -2.29. The van der Waals surface area contributed by atoms with Gasteiger partial charge in [0.05, 0.1) is 36.2 Å². The molecular weight excluding hydrogens is 445 g/mol. The van der Waals surface area contributed by atoms with Crippen LogP contribution in [0.5, 0.6) is 11.5 Å². The zero-order valence-corrected chi connectivity index (χ0v) is 20.4. The topological polar surface area (TPSA) is 73.3 Å². The van der Waals surface area contributed by atoms with Gasteiger partial charge >= 0.3 is 0 Å². The van der Waals surface area contributed by atoms with E-state index in [4.69, 9.17) is 9.47 Å². The van der Waals surface area contributed by atoms with Crippen molar-refractivity contribution in [2.45, 2.75) is 57.5 Å². The van der Waals surface area contributed by atoms with Gasteiger partial charge < -0.3 is 14.8 Å². The summed E-state index contributed by atoms with van der Waals surface area (Å²) >= 11 is 0. The Balaban J connectivity index is 1.34. The van der Waals surface area contributed by atoms with Gasteiger partial charge in [0.15, 0.2) is 0 Å². The van der Waals surface area contributed by atoms with E-state index in [1.54, 1.807) is 19.4 Å². The summed E-state index contributed by atoms with van der Waals surface area (Å²) in [6.07, 6.45) is 5.39. The summed E-state index contributed by atoms with van der Waals surface area (Å²) < 4.78 is 26.2. The number of aromatic nitrogens is 2. The van der Waals surface area contributed by atoms with Crippen LogP contribution < -0.4 is 14.8 Å². The third-order valence-electron chi connectivity index (χ3n) is 7.28. The van der Waals surface area contributed by atoms with Crippen molar-refractivity contribution in [3.8, 4) is 22.8 Å². The molecule has 182 valence electrons. The van der Waals surface area contributed by atoms with E-state index in [1.165, 1.54) is 6.07 Å². The van der Waals surface area contributed by atoms with Crippen molar-refractivity contribution in [2.24, 2.45) is 0 Å². The van der Waals surface area contributed by atoms with Crippen LogP contribution in [0.25, 0.3) is 11.3 Å². The van der Waals surface area contributed by atoms with Gasteiger partial charge in [-0.25, -0.2) is 9.37 Å². The number of hydrogen-bond acceptors (Lipinski definition) is 5. The number of fused-ring (bicyclic) bond motifs is 1. The van der Waals surface area contributed by atoms with E-state index in [0.717, 1.165) is 53.9 Å². The Bertz CT molecular complexity index is 1250. The molecule has 0 saturated heterocycles. The Hall–Kier alpha value is -3.48. The summed E-state index contributed by atoms with van der Waals surface area (Å²) in [5, 5.41) is 3.12. The molecule has 1 atom stereocenters. The minimum absolute atomic E-state index is 0.000753. The number of methoxy groups -OCH3 is 1. The molecule has 0 bridgehead atoms. The van der Waals surface area contributed by atoms with Gasteiger partial charge in [-0.3, -0.25) is 9.78 Å². The number of nitrogens with one attached hydrogen (secondary N) is 1. The molecule has 2 aromatic carbocycles. The molecule has 1 N–H and O–H groups in total. The predicted molar refractivity (Wildman–Crippen MR) is 131 cm³/mol. The Morgan fingerprint density at radius 3 is 2.63 bits per heavy atom. The van der Waals surface area contributed by atoms with Gasteiger partial charge in [0.2, 0.25) is 5.91 Å². The number of benzene rings is 2. The van der Waals surface area contributed by atoms with Crippen LogP contribution in [0.2, 0.25) is 0 Å². The normalized spacial score (nSPS) is 18.1. The lowest BCUT2D eigenvalue weighted by atomic mass is 9.78. The number of amides is 1. The van der Waals surface area contributed by atoms with Gasteiger partial charge in [-0.15, -0.1) is 0 Å². The molecule has 1 aliphatic heterocycles.